The number of thiophene rings is 1. The second-order valence-electron chi connectivity index (χ2n) is 5.47. The predicted octanol–water partition coefficient (Wildman–Crippen LogP) is 3.13. The Balaban J connectivity index is 2.00. The molecule has 1 aliphatic rings. The van der Waals surface area contributed by atoms with E-state index in [1.165, 1.54) is 18.4 Å². The van der Waals surface area contributed by atoms with Crippen LogP contribution in [0.3, 0.4) is 0 Å². The third-order valence-corrected chi connectivity index (χ3v) is 6.57. The van der Waals surface area contributed by atoms with Gasteiger partial charge in [0.05, 0.1) is 17.6 Å². The molecular formula is C16H17NO4S2. The first kappa shape index (κ1) is 16.0. The number of benzene rings is 1. The van der Waals surface area contributed by atoms with E-state index in [9.17, 15) is 13.2 Å². The maximum absolute atomic E-state index is 12.5. The van der Waals surface area contributed by atoms with Crippen molar-refractivity contribution < 1.29 is 17.9 Å². The molecule has 0 amide bonds. The van der Waals surface area contributed by atoms with Gasteiger partial charge in [0, 0.05) is 4.88 Å². The molecule has 1 heterocycles. The molecule has 1 aromatic heterocycles. The molecule has 0 atom stereocenters. The molecule has 2 aromatic rings. The molecule has 1 aromatic carbocycles. The minimum atomic E-state index is -3.73. The summed E-state index contributed by atoms with van der Waals surface area (Å²) in [5, 5.41) is 0.349. The van der Waals surface area contributed by atoms with Crippen LogP contribution in [0.2, 0.25) is 0 Å². The quantitative estimate of drug-likeness (QED) is 0.859. The number of ether oxygens (including phenoxy) is 1. The molecular weight excluding hydrogens is 334 g/mol. The van der Waals surface area contributed by atoms with E-state index in [2.05, 4.69) is 4.72 Å². The van der Waals surface area contributed by atoms with Crippen LogP contribution in [0.5, 0.6) is 0 Å². The number of hydrogen-bond donors (Lipinski definition) is 1. The van der Waals surface area contributed by atoms with Crippen molar-refractivity contribution in [2.45, 2.75) is 31.1 Å². The molecule has 0 saturated carbocycles. The van der Waals surface area contributed by atoms with Gasteiger partial charge in [-0.25, -0.2) is 13.2 Å². The summed E-state index contributed by atoms with van der Waals surface area (Å²) in [6.07, 6.45) is 2.63. The third-order valence-electron chi connectivity index (χ3n) is 3.87. The molecule has 0 unspecified atom stereocenters. The van der Waals surface area contributed by atoms with Crippen molar-refractivity contribution in [1.29, 1.82) is 0 Å². The lowest BCUT2D eigenvalue weighted by Gasteiger charge is -2.09. The van der Waals surface area contributed by atoms with E-state index in [-0.39, 0.29) is 4.90 Å². The molecule has 1 N–H and O–H groups in total. The van der Waals surface area contributed by atoms with Crippen molar-refractivity contribution in [2.75, 3.05) is 11.8 Å². The number of fused-ring (bicyclic) bond motifs is 1. The van der Waals surface area contributed by atoms with Gasteiger partial charge in [-0.15, -0.1) is 11.3 Å². The van der Waals surface area contributed by atoms with Crippen molar-refractivity contribution in [3.05, 3.63) is 45.8 Å². The topological polar surface area (TPSA) is 72.5 Å². The highest BCUT2D eigenvalue weighted by molar-refractivity contribution is 7.93. The van der Waals surface area contributed by atoms with Crippen molar-refractivity contribution in [2.24, 2.45) is 0 Å². The normalized spacial score (nSPS) is 13.7. The summed E-state index contributed by atoms with van der Waals surface area (Å²) in [5.41, 5.74) is 2.26. The Morgan fingerprint density at radius 1 is 1.22 bits per heavy atom. The summed E-state index contributed by atoms with van der Waals surface area (Å²) in [6, 6.07) is 6.59. The zero-order valence-corrected chi connectivity index (χ0v) is 14.5. The molecule has 23 heavy (non-hydrogen) atoms. The molecule has 0 radical (unpaired) electrons. The van der Waals surface area contributed by atoms with E-state index < -0.39 is 16.0 Å². The van der Waals surface area contributed by atoms with Gasteiger partial charge in [-0.3, -0.25) is 4.72 Å². The van der Waals surface area contributed by atoms with Crippen LogP contribution in [0, 0.1) is 6.92 Å². The third kappa shape index (κ3) is 2.98. The van der Waals surface area contributed by atoms with Crippen molar-refractivity contribution in [3.63, 3.8) is 0 Å². The van der Waals surface area contributed by atoms with E-state index in [1.807, 2.05) is 6.92 Å². The molecule has 5 nitrogen and oxygen atoms in total. The Labute approximate surface area is 139 Å². The number of rotatable bonds is 4. The van der Waals surface area contributed by atoms with Gasteiger partial charge in [-0.05, 0) is 43.9 Å². The zero-order valence-electron chi connectivity index (χ0n) is 12.9. The maximum Gasteiger partial charge on any atom is 0.341 e. The summed E-state index contributed by atoms with van der Waals surface area (Å²) in [7, 11) is -2.42. The number of carbonyl (C=O) groups is 1. The summed E-state index contributed by atoms with van der Waals surface area (Å²) >= 11 is 1.33. The predicted molar refractivity (Wildman–Crippen MR) is 89.7 cm³/mol. The van der Waals surface area contributed by atoms with E-state index in [4.69, 9.17) is 4.74 Å². The monoisotopic (exact) mass is 351 g/mol. The number of hydrogen-bond acceptors (Lipinski definition) is 5. The summed E-state index contributed by atoms with van der Waals surface area (Å²) in [6.45, 7) is 1.89. The van der Waals surface area contributed by atoms with Crippen LogP contribution >= 0.6 is 11.3 Å². The fourth-order valence-electron chi connectivity index (χ4n) is 2.69. The minimum Gasteiger partial charge on any atom is -0.465 e. The van der Waals surface area contributed by atoms with Crippen LogP contribution in [0.4, 0.5) is 5.00 Å². The average molecular weight is 351 g/mol. The van der Waals surface area contributed by atoms with Crippen LogP contribution in [0.25, 0.3) is 0 Å². The lowest BCUT2D eigenvalue weighted by Crippen LogP contribution is -2.15. The molecule has 0 aliphatic heterocycles. The van der Waals surface area contributed by atoms with Crippen LogP contribution in [-0.4, -0.2) is 21.5 Å². The van der Waals surface area contributed by atoms with Gasteiger partial charge in [0.25, 0.3) is 10.0 Å². The number of sulfonamides is 1. The first-order chi connectivity index (χ1) is 10.9. The van der Waals surface area contributed by atoms with E-state index in [0.29, 0.717) is 10.6 Å². The van der Waals surface area contributed by atoms with Crippen molar-refractivity contribution in [3.8, 4) is 0 Å². The summed E-state index contributed by atoms with van der Waals surface area (Å²) in [5.74, 6) is -0.494. The van der Waals surface area contributed by atoms with E-state index in [0.717, 1.165) is 35.3 Å². The number of esters is 1. The SMILES string of the molecule is COC(=O)c1c(NS(=O)(=O)c2ccc(C)cc2)sc2c1CCC2. The van der Waals surface area contributed by atoms with Crippen LogP contribution in [-0.2, 0) is 27.6 Å². The van der Waals surface area contributed by atoms with Gasteiger partial charge in [-0.2, -0.15) is 0 Å². The molecule has 7 heteroatoms. The first-order valence-electron chi connectivity index (χ1n) is 7.24. The number of anilines is 1. The first-order valence-corrected chi connectivity index (χ1v) is 9.54. The average Bonchev–Trinajstić information content (AvgIpc) is 3.07. The Kier molecular flexibility index (Phi) is 4.16. The fraction of sp³-hybridized carbons (Fsp3) is 0.312. The molecule has 0 fully saturated rings. The number of aryl methyl sites for hydroxylation is 2. The molecule has 1 aliphatic carbocycles. The molecule has 0 spiro atoms. The van der Waals surface area contributed by atoms with Crippen LogP contribution in [0.1, 0.15) is 32.8 Å². The van der Waals surface area contributed by atoms with Crippen molar-refractivity contribution >= 4 is 32.3 Å². The summed E-state index contributed by atoms with van der Waals surface area (Å²) in [4.78, 5) is 13.3. The zero-order chi connectivity index (χ0) is 16.6. The van der Waals surface area contributed by atoms with Crippen molar-refractivity contribution in [1.82, 2.24) is 0 Å². The lowest BCUT2D eigenvalue weighted by molar-refractivity contribution is 0.0601. The molecule has 0 bridgehead atoms. The highest BCUT2D eigenvalue weighted by atomic mass is 32.2. The van der Waals surface area contributed by atoms with Crippen LogP contribution < -0.4 is 4.72 Å². The smallest absolute Gasteiger partial charge is 0.341 e. The largest absolute Gasteiger partial charge is 0.465 e. The second kappa shape index (κ2) is 5.98. The second-order valence-corrected chi connectivity index (χ2v) is 8.26. The fourth-order valence-corrected chi connectivity index (χ4v) is 5.28. The standard InChI is InChI=1S/C16H17NO4S2/c1-10-6-8-11(9-7-10)23(19,20)17-15-14(16(18)21-2)12-4-3-5-13(12)22-15/h6-9,17H,3-5H2,1-2H3. The van der Waals surface area contributed by atoms with Gasteiger partial charge < -0.3 is 4.74 Å². The Bertz CT molecular complexity index is 851. The van der Waals surface area contributed by atoms with Gasteiger partial charge in [0.15, 0.2) is 0 Å². The van der Waals surface area contributed by atoms with Crippen LogP contribution in [0.15, 0.2) is 29.2 Å². The highest BCUT2D eigenvalue weighted by Gasteiger charge is 2.29. The highest BCUT2D eigenvalue weighted by Crippen LogP contribution is 2.40. The number of carbonyl (C=O) groups excluding carboxylic acids is 1. The maximum atomic E-state index is 12.5. The minimum absolute atomic E-state index is 0.174. The van der Waals surface area contributed by atoms with Gasteiger partial charge in [0.2, 0.25) is 0 Å². The van der Waals surface area contributed by atoms with Gasteiger partial charge >= 0.3 is 5.97 Å². The van der Waals surface area contributed by atoms with E-state index >= 15 is 0 Å². The lowest BCUT2D eigenvalue weighted by atomic mass is 10.1. The van der Waals surface area contributed by atoms with E-state index in [1.54, 1.807) is 24.3 Å². The molecule has 122 valence electrons. The number of nitrogens with one attached hydrogen (secondary N) is 1. The Hall–Kier alpha value is -1.86. The number of methoxy groups -OCH3 is 1. The summed E-state index contributed by atoms with van der Waals surface area (Å²) < 4.78 is 32.5. The van der Waals surface area contributed by atoms with Gasteiger partial charge in [0.1, 0.15) is 5.00 Å². The van der Waals surface area contributed by atoms with Gasteiger partial charge in [-0.1, -0.05) is 17.7 Å². The molecule has 3 rings (SSSR count). The Morgan fingerprint density at radius 3 is 2.57 bits per heavy atom. The molecule has 0 saturated heterocycles. The Morgan fingerprint density at radius 2 is 1.91 bits per heavy atom.